The highest BCUT2D eigenvalue weighted by atomic mass is 79.9. The molecule has 0 unspecified atom stereocenters. The van der Waals surface area contributed by atoms with Gasteiger partial charge in [-0.05, 0) is 24.3 Å². The standard InChI is InChI=1S/C17H10BrF5N2O2S/c1-28(26,27)15-7-11(19)14(6-12(15)20)25-13(8-16(24-25)17(21,22)23)9-2-4-10(18)5-3-9/h2-8H,1H3. The Morgan fingerprint density at radius 1 is 1.00 bits per heavy atom. The summed E-state index contributed by atoms with van der Waals surface area (Å²) < 4.78 is 92.5. The summed E-state index contributed by atoms with van der Waals surface area (Å²) in [5, 5.41) is 3.37. The van der Waals surface area contributed by atoms with Gasteiger partial charge < -0.3 is 0 Å². The summed E-state index contributed by atoms with van der Waals surface area (Å²) in [7, 11) is -4.07. The van der Waals surface area contributed by atoms with E-state index in [1.165, 1.54) is 12.1 Å². The molecule has 148 valence electrons. The van der Waals surface area contributed by atoms with Crippen molar-refractivity contribution in [3.8, 4) is 16.9 Å². The normalized spacial score (nSPS) is 12.4. The Bertz CT molecular complexity index is 1160. The van der Waals surface area contributed by atoms with Crippen LogP contribution in [0.15, 0.2) is 51.8 Å². The smallest absolute Gasteiger partial charge is 0.229 e. The summed E-state index contributed by atoms with van der Waals surface area (Å²) in [6.07, 6.45) is -4.13. The summed E-state index contributed by atoms with van der Waals surface area (Å²) in [5.74, 6) is -2.54. The average molecular weight is 481 g/mol. The van der Waals surface area contributed by atoms with Crippen LogP contribution >= 0.6 is 15.9 Å². The van der Waals surface area contributed by atoms with Crippen molar-refractivity contribution in [2.45, 2.75) is 11.1 Å². The summed E-state index contributed by atoms with van der Waals surface area (Å²) >= 11 is 3.20. The lowest BCUT2D eigenvalue weighted by Crippen LogP contribution is -2.10. The van der Waals surface area contributed by atoms with E-state index in [0.717, 1.165) is 0 Å². The minimum absolute atomic E-state index is 0.148. The van der Waals surface area contributed by atoms with Crippen molar-refractivity contribution in [2.24, 2.45) is 0 Å². The third-order valence-electron chi connectivity index (χ3n) is 3.77. The van der Waals surface area contributed by atoms with E-state index in [9.17, 15) is 30.4 Å². The highest BCUT2D eigenvalue weighted by Crippen LogP contribution is 2.34. The maximum Gasteiger partial charge on any atom is 0.435 e. The first-order valence-corrected chi connectivity index (χ1v) is 10.2. The molecule has 1 heterocycles. The molecule has 2 aromatic carbocycles. The highest BCUT2D eigenvalue weighted by molar-refractivity contribution is 9.10. The van der Waals surface area contributed by atoms with Crippen LogP contribution in [0.1, 0.15) is 5.69 Å². The Kier molecular flexibility index (Phi) is 5.09. The third kappa shape index (κ3) is 3.95. The molecule has 0 saturated heterocycles. The van der Waals surface area contributed by atoms with Crippen LogP contribution in [0, 0.1) is 11.6 Å². The second kappa shape index (κ2) is 6.96. The van der Waals surface area contributed by atoms with Crippen LogP contribution in [-0.2, 0) is 16.0 Å². The van der Waals surface area contributed by atoms with Crippen LogP contribution < -0.4 is 0 Å². The van der Waals surface area contributed by atoms with Gasteiger partial charge in [-0.2, -0.15) is 18.3 Å². The summed E-state index contributed by atoms with van der Waals surface area (Å²) in [6.45, 7) is 0. The Labute approximate surface area is 164 Å². The molecule has 3 aromatic rings. The van der Waals surface area contributed by atoms with E-state index in [1.54, 1.807) is 12.1 Å². The molecule has 0 fully saturated rings. The lowest BCUT2D eigenvalue weighted by Gasteiger charge is -2.11. The van der Waals surface area contributed by atoms with Gasteiger partial charge in [-0.25, -0.2) is 21.9 Å². The molecule has 0 atom stereocenters. The zero-order chi connectivity index (χ0) is 20.9. The third-order valence-corrected chi connectivity index (χ3v) is 5.41. The van der Waals surface area contributed by atoms with Crippen molar-refractivity contribution in [2.75, 3.05) is 6.26 Å². The van der Waals surface area contributed by atoms with Gasteiger partial charge in [0.25, 0.3) is 0 Å². The van der Waals surface area contributed by atoms with Gasteiger partial charge in [0.2, 0.25) is 0 Å². The van der Waals surface area contributed by atoms with Gasteiger partial charge in [-0.1, -0.05) is 28.1 Å². The minimum atomic E-state index is -4.82. The molecule has 4 nitrogen and oxygen atoms in total. The van der Waals surface area contributed by atoms with Crippen molar-refractivity contribution >= 4 is 25.8 Å². The quantitative estimate of drug-likeness (QED) is 0.495. The maximum atomic E-state index is 14.5. The maximum absolute atomic E-state index is 14.5. The van der Waals surface area contributed by atoms with E-state index in [1.807, 2.05) is 0 Å². The lowest BCUT2D eigenvalue weighted by atomic mass is 10.1. The van der Waals surface area contributed by atoms with E-state index >= 15 is 0 Å². The number of halogens is 6. The number of sulfone groups is 1. The van der Waals surface area contributed by atoms with Crippen molar-refractivity contribution in [1.29, 1.82) is 0 Å². The molecule has 0 aliphatic heterocycles. The Morgan fingerprint density at radius 2 is 1.61 bits per heavy atom. The molecule has 3 rings (SSSR count). The molecule has 0 saturated carbocycles. The topological polar surface area (TPSA) is 52.0 Å². The van der Waals surface area contributed by atoms with Gasteiger partial charge in [0.05, 0.1) is 5.69 Å². The van der Waals surface area contributed by atoms with Gasteiger partial charge in [0.1, 0.15) is 22.2 Å². The van der Waals surface area contributed by atoms with E-state index in [-0.39, 0.29) is 11.3 Å². The number of hydrogen-bond acceptors (Lipinski definition) is 3. The molecule has 0 radical (unpaired) electrons. The van der Waals surface area contributed by atoms with Crippen LogP contribution in [0.4, 0.5) is 22.0 Å². The second-order valence-electron chi connectivity index (χ2n) is 5.84. The Hall–Kier alpha value is -2.27. The number of aromatic nitrogens is 2. The lowest BCUT2D eigenvalue weighted by molar-refractivity contribution is -0.141. The highest BCUT2D eigenvalue weighted by Gasteiger charge is 2.35. The van der Waals surface area contributed by atoms with Gasteiger partial charge in [-0.3, -0.25) is 0 Å². The number of benzene rings is 2. The van der Waals surface area contributed by atoms with E-state index in [0.29, 0.717) is 33.6 Å². The second-order valence-corrected chi connectivity index (χ2v) is 8.74. The predicted molar refractivity (Wildman–Crippen MR) is 94.7 cm³/mol. The Balaban J connectivity index is 2.28. The SMILES string of the molecule is CS(=O)(=O)c1cc(F)c(-n2nc(C(F)(F)F)cc2-c2ccc(Br)cc2)cc1F. The predicted octanol–water partition coefficient (Wildman–Crippen LogP) is 5.00. The molecule has 0 aliphatic rings. The summed E-state index contributed by atoms with van der Waals surface area (Å²) in [6, 6.07) is 7.67. The molecule has 0 N–H and O–H groups in total. The molecule has 11 heteroatoms. The van der Waals surface area contributed by atoms with Crippen molar-refractivity contribution in [1.82, 2.24) is 9.78 Å². The monoisotopic (exact) mass is 480 g/mol. The summed E-state index contributed by atoms with van der Waals surface area (Å²) in [4.78, 5) is -0.901. The molecule has 1 aromatic heterocycles. The summed E-state index contributed by atoms with van der Waals surface area (Å²) in [5.41, 5.74) is -1.85. The molecule has 0 bridgehead atoms. The van der Waals surface area contributed by atoms with Crippen molar-refractivity contribution in [3.63, 3.8) is 0 Å². The van der Waals surface area contributed by atoms with Crippen LogP contribution in [0.2, 0.25) is 0 Å². The van der Waals surface area contributed by atoms with Crippen molar-refractivity contribution in [3.05, 3.63) is 64.3 Å². The average Bonchev–Trinajstić information content (AvgIpc) is 3.01. The van der Waals surface area contributed by atoms with Crippen LogP contribution in [0.5, 0.6) is 0 Å². The zero-order valence-corrected chi connectivity index (χ0v) is 16.3. The molecule has 0 spiro atoms. The Morgan fingerprint density at radius 3 is 2.14 bits per heavy atom. The minimum Gasteiger partial charge on any atom is -0.229 e. The fourth-order valence-corrected chi connectivity index (χ4v) is 3.49. The molecular weight excluding hydrogens is 471 g/mol. The van der Waals surface area contributed by atoms with Gasteiger partial charge in [0, 0.05) is 22.4 Å². The van der Waals surface area contributed by atoms with Gasteiger partial charge >= 0.3 is 6.18 Å². The van der Waals surface area contributed by atoms with Crippen LogP contribution in [0.3, 0.4) is 0 Å². The first-order chi connectivity index (χ1) is 12.9. The number of alkyl halides is 3. The van der Waals surface area contributed by atoms with E-state index in [2.05, 4.69) is 21.0 Å². The van der Waals surface area contributed by atoms with Crippen molar-refractivity contribution < 1.29 is 30.4 Å². The molecule has 28 heavy (non-hydrogen) atoms. The van der Waals surface area contributed by atoms with Gasteiger partial charge in [0.15, 0.2) is 15.5 Å². The first-order valence-electron chi connectivity index (χ1n) is 7.50. The number of hydrogen-bond donors (Lipinski definition) is 0. The molecule has 0 aliphatic carbocycles. The largest absolute Gasteiger partial charge is 0.435 e. The van der Waals surface area contributed by atoms with E-state index < -0.39 is 43.9 Å². The number of rotatable bonds is 3. The first kappa shape index (κ1) is 20.5. The molecular formula is C17H10BrF5N2O2S. The number of nitrogens with zero attached hydrogens (tertiary/aromatic N) is 2. The van der Waals surface area contributed by atoms with Crippen LogP contribution in [-0.4, -0.2) is 24.5 Å². The van der Waals surface area contributed by atoms with Crippen LogP contribution in [0.25, 0.3) is 16.9 Å². The molecule has 0 amide bonds. The van der Waals surface area contributed by atoms with E-state index in [4.69, 9.17) is 0 Å². The van der Waals surface area contributed by atoms with Gasteiger partial charge in [-0.15, -0.1) is 0 Å². The fraction of sp³-hybridized carbons (Fsp3) is 0.118. The fourth-order valence-electron chi connectivity index (χ4n) is 2.49. The zero-order valence-electron chi connectivity index (χ0n) is 13.9.